The Balaban J connectivity index is 4.63. The van der Waals surface area contributed by atoms with Gasteiger partial charge in [-0.15, -0.1) is 0 Å². The van der Waals surface area contributed by atoms with Crippen LogP contribution in [0.15, 0.2) is 0 Å². The number of ketones is 1. The lowest BCUT2D eigenvalue weighted by atomic mass is 10.0. The molecule has 0 rings (SSSR count). The van der Waals surface area contributed by atoms with Crippen molar-refractivity contribution in [1.82, 2.24) is 0 Å². The molecule has 0 bridgehead atoms. The van der Waals surface area contributed by atoms with Crippen LogP contribution in [-0.2, 0) is 19.1 Å². The van der Waals surface area contributed by atoms with E-state index in [1.807, 2.05) is 6.92 Å². The van der Waals surface area contributed by atoms with E-state index < -0.39 is 35.7 Å². The summed E-state index contributed by atoms with van der Waals surface area (Å²) in [6, 6.07) is 0. The molecular weight excluding hydrogens is 212 g/mol. The van der Waals surface area contributed by atoms with E-state index in [2.05, 4.69) is 0 Å². The molecule has 5 heteroatoms. The van der Waals surface area contributed by atoms with Crippen molar-refractivity contribution >= 4 is 17.7 Å². The summed E-state index contributed by atoms with van der Waals surface area (Å²) in [4.78, 5) is 33.2. The number of hydrogen-bond donors (Lipinski definition) is 1. The first-order valence-electron chi connectivity index (χ1n) is 5.14. The largest absolute Gasteiger partial charge is 0.481 e. The lowest BCUT2D eigenvalue weighted by Crippen LogP contribution is -2.34. The predicted octanol–water partition coefficient (Wildman–Crippen LogP) is 1.40. The van der Waals surface area contributed by atoms with Crippen LogP contribution in [0.25, 0.3) is 0 Å². The van der Waals surface area contributed by atoms with E-state index in [4.69, 9.17) is 9.84 Å². The number of carbonyl (C=O) groups is 3. The van der Waals surface area contributed by atoms with Crippen LogP contribution in [0.1, 0.15) is 40.5 Å². The standard InChI is InChI=1S/C11H18O5/c1-5-11(3,4)16-10(15)8(7(2)12)6-9(13)14/h8H,5-6H2,1-4H3,(H,13,14). The molecule has 5 nitrogen and oxygen atoms in total. The quantitative estimate of drug-likeness (QED) is 0.551. The number of Topliss-reactive ketones (excluding diaryl/α,β-unsaturated/α-hetero) is 1. The van der Waals surface area contributed by atoms with E-state index in [9.17, 15) is 14.4 Å². The minimum atomic E-state index is -1.21. The van der Waals surface area contributed by atoms with Gasteiger partial charge in [0.25, 0.3) is 0 Å². The first-order valence-corrected chi connectivity index (χ1v) is 5.14. The Hall–Kier alpha value is -1.39. The Morgan fingerprint density at radius 1 is 1.31 bits per heavy atom. The second-order valence-electron chi connectivity index (χ2n) is 4.30. The van der Waals surface area contributed by atoms with Crippen LogP contribution in [0.2, 0.25) is 0 Å². The van der Waals surface area contributed by atoms with E-state index in [-0.39, 0.29) is 0 Å². The van der Waals surface area contributed by atoms with Crippen LogP contribution >= 0.6 is 0 Å². The third kappa shape index (κ3) is 4.91. The first-order chi connectivity index (χ1) is 7.19. The monoisotopic (exact) mass is 230 g/mol. The molecule has 92 valence electrons. The van der Waals surface area contributed by atoms with Gasteiger partial charge in [-0.05, 0) is 27.2 Å². The third-order valence-electron chi connectivity index (χ3n) is 2.38. The fourth-order valence-electron chi connectivity index (χ4n) is 0.983. The Kier molecular flexibility index (Phi) is 5.14. The highest BCUT2D eigenvalue weighted by atomic mass is 16.6. The summed E-state index contributed by atoms with van der Waals surface area (Å²) in [6.45, 7) is 6.45. The molecule has 1 atom stereocenters. The molecule has 0 saturated heterocycles. The number of hydrogen-bond acceptors (Lipinski definition) is 4. The molecule has 0 aromatic rings. The maximum atomic E-state index is 11.6. The van der Waals surface area contributed by atoms with Gasteiger partial charge in [0, 0.05) is 0 Å². The maximum absolute atomic E-state index is 11.6. The molecule has 0 radical (unpaired) electrons. The molecule has 0 saturated carbocycles. The van der Waals surface area contributed by atoms with Crippen LogP contribution < -0.4 is 0 Å². The number of carboxylic acid groups (broad SMARTS) is 1. The van der Waals surface area contributed by atoms with Crippen molar-refractivity contribution in [3.05, 3.63) is 0 Å². The zero-order valence-electron chi connectivity index (χ0n) is 10.1. The summed E-state index contributed by atoms with van der Waals surface area (Å²) in [7, 11) is 0. The van der Waals surface area contributed by atoms with Gasteiger partial charge >= 0.3 is 11.9 Å². The average Bonchev–Trinajstić information content (AvgIpc) is 2.12. The van der Waals surface area contributed by atoms with Crippen LogP contribution in [0.5, 0.6) is 0 Å². The maximum Gasteiger partial charge on any atom is 0.317 e. The lowest BCUT2D eigenvalue weighted by molar-refractivity contribution is -0.166. The van der Waals surface area contributed by atoms with Gasteiger partial charge < -0.3 is 9.84 Å². The Bertz CT molecular complexity index is 293. The van der Waals surface area contributed by atoms with E-state index in [0.717, 1.165) is 0 Å². The van der Waals surface area contributed by atoms with Gasteiger partial charge in [0.2, 0.25) is 0 Å². The Morgan fingerprint density at radius 2 is 1.81 bits per heavy atom. The van der Waals surface area contributed by atoms with Crippen LogP contribution in [-0.4, -0.2) is 28.4 Å². The van der Waals surface area contributed by atoms with Gasteiger partial charge in [0.05, 0.1) is 6.42 Å². The highest BCUT2D eigenvalue weighted by Crippen LogP contribution is 2.18. The zero-order chi connectivity index (χ0) is 12.9. The summed E-state index contributed by atoms with van der Waals surface area (Å²) in [5.74, 6) is -3.64. The van der Waals surface area contributed by atoms with Crippen molar-refractivity contribution in [1.29, 1.82) is 0 Å². The minimum Gasteiger partial charge on any atom is -0.481 e. The summed E-state index contributed by atoms with van der Waals surface area (Å²) < 4.78 is 5.09. The normalized spacial score (nSPS) is 13.0. The highest BCUT2D eigenvalue weighted by molar-refractivity contribution is 6.00. The van der Waals surface area contributed by atoms with Crippen molar-refractivity contribution < 1.29 is 24.2 Å². The van der Waals surface area contributed by atoms with Gasteiger partial charge in [-0.25, -0.2) is 0 Å². The average molecular weight is 230 g/mol. The molecule has 0 spiro atoms. The molecule has 0 heterocycles. The molecule has 0 aromatic heterocycles. The smallest absolute Gasteiger partial charge is 0.317 e. The zero-order valence-corrected chi connectivity index (χ0v) is 10.1. The van der Waals surface area contributed by atoms with Crippen molar-refractivity contribution in [2.45, 2.75) is 46.1 Å². The second-order valence-corrected chi connectivity index (χ2v) is 4.30. The first kappa shape index (κ1) is 14.6. The van der Waals surface area contributed by atoms with Crippen molar-refractivity contribution in [2.24, 2.45) is 5.92 Å². The van der Waals surface area contributed by atoms with Crippen molar-refractivity contribution in [2.75, 3.05) is 0 Å². The Labute approximate surface area is 94.8 Å². The lowest BCUT2D eigenvalue weighted by Gasteiger charge is -2.25. The summed E-state index contributed by atoms with van der Waals surface area (Å²) in [5, 5.41) is 8.58. The Morgan fingerprint density at radius 3 is 2.12 bits per heavy atom. The molecular formula is C11H18O5. The van der Waals surface area contributed by atoms with Gasteiger partial charge in [0.15, 0.2) is 0 Å². The van der Waals surface area contributed by atoms with Crippen LogP contribution in [0.4, 0.5) is 0 Å². The molecule has 0 aliphatic carbocycles. The van der Waals surface area contributed by atoms with Gasteiger partial charge in [-0.2, -0.15) is 0 Å². The molecule has 16 heavy (non-hydrogen) atoms. The topological polar surface area (TPSA) is 80.7 Å². The second kappa shape index (κ2) is 5.63. The fourth-order valence-corrected chi connectivity index (χ4v) is 0.983. The van der Waals surface area contributed by atoms with Crippen molar-refractivity contribution in [3.63, 3.8) is 0 Å². The van der Waals surface area contributed by atoms with Gasteiger partial charge in [-0.3, -0.25) is 14.4 Å². The van der Waals surface area contributed by atoms with E-state index in [1.54, 1.807) is 13.8 Å². The molecule has 0 amide bonds. The van der Waals surface area contributed by atoms with Gasteiger partial charge in [0.1, 0.15) is 17.3 Å². The number of carbonyl (C=O) groups excluding carboxylic acids is 2. The van der Waals surface area contributed by atoms with E-state index in [0.29, 0.717) is 6.42 Å². The van der Waals surface area contributed by atoms with Crippen LogP contribution in [0.3, 0.4) is 0 Å². The fraction of sp³-hybridized carbons (Fsp3) is 0.727. The van der Waals surface area contributed by atoms with E-state index >= 15 is 0 Å². The van der Waals surface area contributed by atoms with Crippen molar-refractivity contribution in [3.8, 4) is 0 Å². The SMILES string of the molecule is CCC(C)(C)OC(=O)C(CC(=O)O)C(C)=O. The summed E-state index contributed by atoms with van der Waals surface area (Å²) in [6.07, 6.45) is 0.0738. The summed E-state index contributed by atoms with van der Waals surface area (Å²) >= 11 is 0. The molecule has 1 N–H and O–H groups in total. The van der Waals surface area contributed by atoms with Crippen LogP contribution in [0, 0.1) is 5.92 Å². The molecule has 0 aliphatic rings. The third-order valence-corrected chi connectivity index (χ3v) is 2.38. The molecule has 0 aromatic carbocycles. The van der Waals surface area contributed by atoms with E-state index in [1.165, 1.54) is 6.92 Å². The summed E-state index contributed by atoms with van der Waals surface area (Å²) in [5.41, 5.74) is -0.677. The minimum absolute atomic E-state index is 0.487. The predicted molar refractivity (Wildman–Crippen MR) is 56.9 cm³/mol. The number of aliphatic carboxylic acids is 1. The molecule has 0 fully saturated rings. The number of ether oxygens (including phenoxy) is 1. The number of esters is 1. The van der Waals surface area contributed by atoms with Gasteiger partial charge in [-0.1, -0.05) is 6.92 Å². The number of rotatable bonds is 6. The highest BCUT2D eigenvalue weighted by Gasteiger charge is 2.31. The molecule has 1 unspecified atom stereocenters. The molecule has 0 aliphatic heterocycles. The number of carboxylic acids is 1.